The number of benzene rings is 1. The predicted molar refractivity (Wildman–Crippen MR) is 78.6 cm³/mol. The molecule has 1 N–H and O–H groups in total. The maximum Gasteiger partial charge on any atom is 0.137 e. The zero-order valence-electron chi connectivity index (χ0n) is 12.1. The predicted octanol–water partition coefficient (Wildman–Crippen LogP) is 3.62. The van der Waals surface area contributed by atoms with Crippen LogP contribution in [0.2, 0.25) is 0 Å². The van der Waals surface area contributed by atoms with Crippen molar-refractivity contribution >= 4 is 6.29 Å². The third-order valence-corrected chi connectivity index (χ3v) is 2.07. The van der Waals surface area contributed by atoms with E-state index in [-0.39, 0.29) is 7.47 Å². The molecule has 0 spiro atoms. The third kappa shape index (κ3) is 8.64. The summed E-state index contributed by atoms with van der Waals surface area (Å²) in [5.41, 5.74) is 2.43. The molecular weight excluding hydrogens is 210 g/mol. The normalized spacial score (nSPS) is 10.2. The number of aryl methyl sites for hydroxylation is 1. The first-order chi connectivity index (χ1) is 8.26. The molecule has 0 saturated heterocycles. The molecule has 1 atom stereocenters. The molecule has 17 heavy (non-hydrogen) atoms. The van der Waals surface area contributed by atoms with Crippen LogP contribution in [0.5, 0.6) is 0 Å². The lowest BCUT2D eigenvalue weighted by molar-refractivity contribution is -0.109. The Morgan fingerprint density at radius 3 is 2.29 bits per heavy atom. The summed E-state index contributed by atoms with van der Waals surface area (Å²) in [6.07, 6.45) is 1.71. The van der Waals surface area contributed by atoms with E-state index < -0.39 is 0 Å². The monoisotopic (exact) mass is 239 g/mol. The van der Waals surface area contributed by atoms with Crippen molar-refractivity contribution in [3.8, 4) is 0 Å². The van der Waals surface area contributed by atoms with Crippen LogP contribution in [0.4, 0.5) is 0 Å². The fourth-order valence-electron chi connectivity index (χ4n) is 1.31. The maximum atomic E-state index is 10.6. The second-order valence-electron chi connectivity index (χ2n) is 3.22. The number of likely N-dealkylation sites (N-methyl/N-ethyl adjacent to an activating group) is 1. The van der Waals surface area contributed by atoms with Gasteiger partial charge in [-0.05, 0) is 26.0 Å². The second-order valence-corrected chi connectivity index (χ2v) is 3.22. The summed E-state index contributed by atoms with van der Waals surface area (Å²) in [5.74, 6) is 0. The van der Waals surface area contributed by atoms with Gasteiger partial charge in [-0.25, -0.2) is 0 Å². The molecule has 100 valence electrons. The number of nitrogens with one attached hydrogen (secondary N) is 1. The summed E-state index contributed by atoms with van der Waals surface area (Å²) < 4.78 is 0. The highest BCUT2D eigenvalue weighted by Gasteiger charge is 2.04. The van der Waals surface area contributed by atoms with Crippen LogP contribution in [0.3, 0.4) is 0 Å². The molecule has 0 aromatic heterocycles. The Hall–Kier alpha value is -1.15. The van der Waals surface area contributed by atoms with Gasteiger partial charge in [0.2, 0.25) is 0 Å². The van der Waals surface area contributed by atoms with E-state index in [4.69, 9.17) is 0 Å². The number of carbonyl (C=O) groups is 1. The van der Waals surface area contributed by atoms with Crippen molar-refractivity contribution in [2.24, 2.45) is 0 Å². The van der Waals surface area contributed by atoms with Crippen molar-refractivity contribution < 1.29 is 6.22 Å². The average molecular weight is 239 g/mol. The molecule has 0 fully saturated rings. The van der Waals surface area contributed by atoms with Crippen LogP contribution in [0.1, 0.15) is 40.2 Å². The van der Waals surface area contributed by atoms with Gasteiger partial charge in [0.15, 0.2) is 0 Å². The topological polar surface area (TPSA) is 29.1 Å². The molecule has 0 aliphatic carbocycles. The smallest absolute Gasteiger partial charge is 0.137 e. The van der Waals surface area contributed by atoms with Crippen molar-refractivity contribution in [3.05, 3.63) is 35.4 Å². The van der Waals surface area contributed by atoms with E-state index in [9.17, 15) is 4.79 Å². The molecule has 0 aliphatic heterocycles. The Kier molecular flexibility index (Phi) is 13.8. The lowest BCUT2D eigenvalue weighted by Crippen LogP contribution is -2.28. The highest BCUT2D eigenvalue weighted by molar-refractivity contribution is 5.58. The van der Waals surface area contributed by atoms with Crippen LogP contribution in [-0.4, -0.2) is 19.4 Å². The van der Waals surface area contributed by atoms with Gasteiger partial charge in [0.05, 0.1) is 6.04 Å². The van der Waals surface area contributed by atoms with Crippen LogP contribution in [0.15, 0.2) is 24.3 Å². The van der Waals surface area contributed by atoms with Crippen LogP contribution >= 0.6 is 0 Å². The largest absolute Gasteiger partial charge is 0.311 e. The van der Waals surface area contributed by atoms with Crippen molar-refractivity contribution in [1.29, 1.82) is 0 Å². The summed E-state index contributed by atoms with van der Waals surface area (Å²) in [4.78, 5) is 10.6. The molecule has 1 aromatic carbocycles. The SMILES string of the molecule is CC.CC.CN[C@H](C=O)Cc1cccc(C)c1.[HH]. The first-order valence-corrected chi connectivity index (χ1v) is 6.44. The molecule has 0 radical (unpaired) electrons. The van der Waals surface area contributed by atoms with Crippen molar-refractivity contribution in [3.63, 3.8) is 0 Å². The van der Waals surface area contributed by atoms with E-state index in [1.165, 1.54) is 11.1 Å². The molecular formula is C15H29NO. The highest BCUT2D eigenvalue weighted by Crippen LogP contribution is 2.05. The van der Waals surface area contributed by atoms with Gasteiger partial charge in [0.1, 0.15) is 6.29 Å². The summed E-state index contributed by atoms with van der Waals surface area (Å²) in [5, 5.41) is 2.95. The van der Waals surface area contributed by atoms with Crippen LogP contribution < -0.4 is 5.32 Å². The van der Waals surface area contributed by atoms with Crippen molar-refractivity contribution in [1.82, 2.24) is 5.32 Å². The maximum absolute atomic E-state index is 10.6. The van der Waals surface area contributed by atoms with Gasteiger partial charge in [-0.3, -0.25) is 0 Å². The minimum absolute atomic E-state index is 0. The quantitative estimate of drug-likeness (QED) is 0.813. The van der Waals surface area contributed by atoms with E-state index in [1.54, 1.807) is 7.05 Å². The summed E-state index contributed by atoms with van der Waals surface area (Å²) in [7, 11) is 1.80. The Balaban J connectivity index is -0.000000409. The zero-order chi connectivity index (χ0) is 13.7. The lowest BCUT2D eigenvalue weighted by atomic mass is 10.1. The van der Waals surface area contributed by atoms with E-state index >= 15 is 0 Å². The molecule has 1 rings (SSSR count). The third-order valence-electron chi connectivity index (χ3n) is 2.07. The Morgan fingerprint density at radius 2 is 1.88 bits per heavy atom. The molecule has 2 heteroatoms. The first-order valence-electron chi connectivity index (χ1n) is 6.44. The molecule has 0 amide bonds. The first kappa shape index (κ1) is 18.2. The molecule has 1 aromatic rings. The molecule has 2 nitrogen and oxygen atoms in total. The number of hydrogen-bond acceptors (Lipinski definition) is 2. The minimum Gasteiger partial charge on any atom is -0.311 e. The summed E-state index contributed by atoms with van der Waals surface area (Å²) >= 11 is 0. The van der Waals surface area contributed by atoms with Crippen LogP contribution in [-0.2, 0) is 11.2 Å². The van der Waals surface area contributed by atoms with E-state index in [0.29, 0.717) is 0 Å². The molecule has 0 saturated carbocycles. The van der Waals surface area contributed by atoms with E-state index in [2.05, 4.69) is 24.4 Å². The van der Waals surface area contributed by atoms with Gasteiger partial charge in [0.25, 0.3) is 0 Å². The Morgan fingerprint density at radius 1 is 1.29 bits per heavy atom. The van der Waals surface area contributed by atoms with Crippen molar-refractivity contribution in [2.45, 2.75) is 47.1 Å². The summed E-state index contributed by atoms with van der Waals surface area (Å²) in [6.45, 7) is 10.1. The van der Waals surface area contributed by atoms with Gasteiger partial charge in [0, 0.05) is 1.43 Å². The van der Waals surface area contributed by atoms with Gasteiger partial charge in [-0.2, -0.15) is 0 Å². The fraction of sp³-hybridized carbons (Fsp3) is 0.533. The minimum atomic E-state index is -0.0678. The Labute approximate surface area is 108 Å². The molecule has 0 aliphatic rings. The van der Waals surface area contributed by atoms with Gasteiger partial charge >= 0.3 is 0 Å². The van der Waals surface area contributed by atoms with Gasteiger partial charge < -0.3 is 10.1 Å². The molecule has 0 unspecified atom stereocenters. The highest BCUT2D eigenvalue weighted by atomic mass is 16.1. The van der Waals surface area contributed by atoms with Crippen LogP contribution in [0.25, 0.3) is 0 Å². The standard InChI is InChI=1S/C11H15NO.2C2H6.H2/c1-9-4-3-5-10(6-9)7-11(8-13)12-2;2*1-2;/h3-6,8,11-12H,7H2,1-2H3;2*1-2H3;1H/t11-;;;/m0.../s1. The van der Waals surface area contributed by atoms with E-state index in [1.807, 2.05) is 39.8 Å². The molecule has 0 bridgehead atoms. The molecule has 0 heterocycles. The summed E-state index contributed by atoms with van der Waals surface area (Å²) in [6, 6.07) is 8.15. The average Bonchev–Trinajstić information content (AvgIpc) is 2.41. The Bertz CT molecular complexity index is 290. The number of aldehydes is 1. The fourth-order valence-corrected chi connectivity index (χ4v) is 1.31. The number of hydrogen-bond donors (Lipinski definition) is 1. The van der Waals surface area contributed by atoms with Gasteiger partial charge in [-0.15, -0.1) is 0 Å². The number of carbonyl (C=O) groups excluding carboxylic acids is 1. The van der Waals surface area contributed by atoms with E-state index in [0.717, 1.165) is 12.7 Å². The lowest BCUT2D eigenvalue weighted by Gasteiger charge is -2.08. The zero-order valence-corrected chi connectivity index (χ0v) is 12.1. The second kappa shape index (κ2) is 12.9. The van der Waals surface area contributed by atoms with Crippen molar-refractivity contribution in [2.75, 3.05) is 7.05 Å². The van der Waals surface area contributed by atoms with Gasteiger partial charge in [-0.1, -0.05) is 57.5 Å². The van der Waals surface area contributed by atoms with Crippen LogP contribution in [0, 0.1) is 6.92 Å². The number of rotatable bonds is 4.